The molecule has 0 bridgehead atoms. The van der Waals surface area contributed by atoms with Gasteiger partial charge in [-0.3, -0.25) is 0 Å². The normalized spacial score (nSPS) is 22.0. The van der Waals surface area contributed by atoms with Gasteiger partial charge in [-0.2, -0.15) is 0 Å². The van der Waals surface area contributed by atoms with Gasteiger partial charge >= 0.3 is 0 Å². The molecule has 128 valence electrons. The SMILES string of the molecule is Cl.O=S(=O)(c1ccc2c(c1)O[C@H]1CNCC[C@@H]21)c1ccccc1F. The summed E-state index contributed by atoms with van der Waals surface area (Å²) in [6, 6.07) is 10.3. The summed E-state index contributed by atoms with van der Waals surface area (Å²) >= 11 is 0. The highest BCUT2D eigenvalue weighted by Crippen LogP contribution is 2.42. The third kappa shape index (κ3) is 2.68. The van der Waals surface area contributed by atoms with Crippen LogP contribution in [0.15, 0.2) is 52.3 Å². The molecule has 0 spiro atoms. The van der Waals surface area contributed by atoms with E-state index in [1.165, 1.54) is 24.3 Å². The van der Waals surface area contributed by atoms with Gasteiger partial charge in [0, 0.05) is 18.0 Å². The smallest absolute Gasteiger partial charge is 0.209 e. The van der Waals surface area contributed by atoms with Crippen LogP contribution in [0.2, 0.25) is 0 Å². The Labute approximate surface area is 146 Å². The van der Waals surface area contributed by atoms with Crippen molar-refractivity contribution >= 4 is 22.2 Å². The molecule has 0 radical (unpaired) electrons. The fourth-order valence-corrected chi connectivity index (χ4v) is 4.70. The van der Waals surface area contributed by atoms with E-state index in [9.17, 15) is 12.8 Å². The van der Waals surface area contributed by atoms with Gasteiger partial charge in [-0.05, 0) is 37.2 Å². The van der Waals surface area contributed by atoms with Gasteiger partial charge in [0.25, 0.3) is 0 Å². The van der Waals surface area contributed by atoms with Gasteiger partial charge in [0.05, 0.1) is 4.90 Å². The Morgan fingerprint density at radius 2 is 1.96 bits per heavy atom. The van der Waals surface area contributed by atoms with Gasteiger partial charge in [0.2, 0.25) is 9.84 Å². The Kier molecular flexibility index (Phi) is 4.55. The molecule has 2 aromatic carbocycles. The highest BCUT2D eigenvalue weighted by molar-refractivity contribution is 7.91. The summed E-state index contributed by atoms with van der Waals surface area (Å²) in [5.74, 6) is 0.157. The number of ether oxygens (including phenoxy) is 1. The van der Waals surface area contributed by atoms with Crippen LogP contribution in [0.3, 0.4) is 0 Å². The molecule has 4 rings (SSSR count). The molecular weight excluding hydrogens is 353 g/mol. The minimum atomic E-state index is -3.89. The Bertz CT molecular complexity index is 872. The second kappa shape index (κ2) is 6.35. The average Bonchev–Trinajstić information content (AvgIpc) is 2.92. The van der Waals surface area contributed by atoms with E-state index in [0.717, 1.165) is 31.1 Å². The standard InChI is InChI=1S/C17H16FNO3S.ClH/c18-14-3-1-2-4-17(14)23(20,21)11-5-6-12-13-7-8-19-10-16(13)22-15(12)9-11;/h1-6,9,13,16,19H,7-8,10H2;1H/t13-,16-;/m0./s1. The number of rotatable bonds is 2. The van der Waals surface area contributed by atoms with Crippen LogP contribution in [0.25, 0.3) is 0 Å². The van der Waals surface area contributed by atoms with Gasteiger partial charge in [0.1, 0.15) is 22.6 Å². The van der Waals surface area contributed by atoms with Crippen molar-refractivity contribution in [1.82, 2.24) is 5.32 Å². The summed E-state index contributed by atoms with van der Waals surface area (Å²) in [5.41, 5.74) is 1.05. The van der Waals surface area contributed by atoms with E-state index in [2.05, 4.69) is 5.32 Å². The number of fused-ring (bicyclic) bond motifs is 3. The fourth-order valence-electron chi connectivity index (χ4n) is 3.35. The summed E-state index contributed by atoms with van der Waals surface area (Å²) in [7, 11) is -3.89. The van der Waals surface area contributed by atoms with E-state index < -0.39 is 15.7 Å². The Morgan fingerprint density at radius 1 is 1.17 bits per heavy atom. The molecule has 1 saturated heterocycles. The largest absolute Gasteiger partial charge is 0.488 e. The van der Waals surface area contributed by atoms with Crippen LogP contribution < -0.4 is 10.1 Å². The number of nitrogens with one attached hydrogen (secondary N) is 1. The zero-order valence-electron chi connectivity index (χ0n) is 12.7. The number of hydrogen-bond donors (Lipinski definition) is 1. The van der Waals surface area contributed by atoms with Crippen LogP contribution in [0.4, 0.5) is 4.39 Å². The molecule has 0 unspecified atom stereocenters. The lowest BCUT2D eigenvalue weighted by Crippen LogP contribution is -2.39. The first-order valence-electron chi connectivity index (χ1n) is 7.58. The third-order valence-electron chi connectivity index (χ3n) is 4.53. The molecule has 1 N–H and O–H groups in total. The first-order valence-corrected chi connectivity index (χ1v) is 9.06. The van der Waals surface area contributed by atoms with Crippen LogP contribution in [-0.2, 0) is 9.84 Å². The molecule has 2 aliphatic rings. The highest BCUT2D eigenvalue weighted by Gasteiger charge is 2.37. The van der Waals surface area contributed by atoms with E-state index >= 15 is 0 Å². The lowest BCUT2D eigenvalue weighted by molar-refractivity contribution is 0.176. The van der Waals surface area contributed by atoms with Crippen molar-refractivity contribution in [3.05, 3.63) is 53.8 Å². The Hall–Kier alpha value is -1.63. The first kappa shape index (κ1) is 17.2. The Morgan fingerprint density at radius 3 is 2.75 bits per heavy atom. The van der Waals surface area contributed by atoms with Gasteiger partial charge in [-0.25, -0.2) is 12.8 Å². The minimum Gasteiger partial charge on any atom is -0.488 e. The summed E-state index contributed by atoms with van der Waals surface area (Å²) in [6.45, 7) is 1.69. The third-order valence-corrected chi connectivity index (χ3v) is 6.31. The summed E-state index contributed by atoms with van der Waals surface area (Å²) in [6.07, 6.45) is 1.02. The van der Waals surface area contributed by atoms with E-state index in [1.807, 2.05) is 0 Å². The van der Waals surface area contributed by atoms with Gasteiger partial charge in [0.15, 0.2) is 0 Å². The lowest BCUT2D eigenvalue weighted by Gasteiger charge is -2.24. The quantitative estimate of drug-likeness (QED) is 0.884. The summed E-state index contributed by atoms with van der Waals surface area (Å²) in [5, 5.41) is 3.28. The maximum atomic E-state index is 13.9. The van der Waals surface area contributed by atoms with Crippen molar-refractivity contribution in [2.24, 2.45) is 0 Å². The van der Waals surface area contributed by atoms with Crippen LogP contribution in [0.1, 0.15) is 17.9 Å². The van der Waals surface area contributed by atoms with Gasteiger partial charge in [-0.1, -0.05) is 18.2 Å². The molecule has 24 heavy (non-hydrogen) atoms. The predicted octanol–water partition coefficient (Wildman–Crippen LogP) is 2.92. The topological polar surface area (TPSA) is 55.4 Å². The van der Waals surface area contributed by atoms with E-state index in [1.54, 1.807) is 12.1 Å². The maximum absolute atomic E-state index is 13.9. The van der Waals surface area contributed by atoms with Crippen LogP contribution in [-0.4, -0.2) is 27.6 Å². The van der Waals surface area contributed by atoms with Gasteiger partial charge < -0.3 is 10.1 Å². The van der Waals surface area contributed by atoms with Crippen LogP contribution >= 0.6 is 12.4 Å². The average molecular weight is 370 g/mol. The molecule has 0 aliphatic carbocycles. The van der Waals surface area contributed by atoms with Crippen molar-refractivity contribution in [3.63, 3.8) is 0 Å². The number of piperidine rings is 1. The van der Waals surface area contributed by atoms with Crippen LogP contribution in [0.5, 0.6) is 5.75 Å². The fraction of sp³-hybridized carbons (Fsp3) is 0.294. The van der Waals surface area contributed by atoms with E-state index in [-0.39, 0.29) is 28.3 Å². The number of sulfone groups is 1. The zero-order valence-corrected chi connectivity index (χ0v) is 14.4. The molecule has 2 aliphatic heterocycles. The molecule has 1 fully saturated rings. The van der Waals surface area contributed by atoms with E-state index in [4.69, 9.17) is 4.74 Å². The minimum absolute atomic E-state index is 0. The van der Waals surface area contributed by atoms with Crippen molar-refractivity contribution in [2.75, 3.05) is 13.1 Å². The summed E-state index contributed by atoms with van der Waals surface area (Å²) < 4.78 is 45.1. The number of benzene rings is 2. The molecule has 0 saturated carbocycles. The second-order valence-corrected chi connectivity index (χ2v) is 7.81. The monoisotopic (exact) mass is 369 g/mol. The predicted molar refractivity (Wildman–Crippen MR) is 90.2 cm³/mol. The highest BCUT2D eigenvalue weighted by atomic mass is 35.5. The van der Waals surface area contributed by atoms with Crippen molar-refractivity contribution < 1.29 is 17.5 Å². The van der Waals surface area contributed by atoms with Crippen LogP contribution in [0, 0.1) is 5.82 Å². The Balaban J connectivity index is 0.00000169. The number of halogens is 2. The summed E-state index contributed by atoms with van der Waals surface area (Å²) in [4.78, 5) is -0.245. The zero-order chi connectivity index (χ0) is 16.0. The molecule has 2 atom stereocenters. The second-order valence-electron chi connectivity index (χ2n) is 5.89. The molecule has 2 heterocycles. The molecule has 2 aromatic rings. The molecule has 7 heteroatoms. The van der Waals surface area contributed by atoms with Crippen molar-refractivity contribution in [3.8, 4) is 5.75 Å². The van der Waals surface area contributed by atoms with Crippen molar-refractivity contribution in [1.29, 1.82) is 0 Å². The van der Waals surface area contributed by atoms with Gasteiger partial charge in [-0.15, -0.1) is 12.4 Å². The molecule has 0 amide bonds. The number of hydrogen-bond acceptors (Lipinski definition) is 4. The molecule has 0 aromatic heterocycles. The van der Waals surface area contributed by atoms with E-state index in [0.29, 0.717) is 11.7 Å². The lowest BCUT2D eigenvalue weighted by atomic mass is 9.90. The first-order chi connectivity index (χ1) is 11.1. The van der Waals surface area contributed by atoms with Crippen molar-refractivity contribution in [2.45, 2.75) is 28.2 Å². The molecule has 4 nitrogen and oxygen atoms in total. The molecular formula is C17H17ClFNO3S. The maximum Gasteiger partial charge on any atom is 0.209 e.